The zero-order chi connectivity index (χ0) is 17.4. The van der Waals surface area contributed by atoms with Gasteiger partial charge < -0.3 is 14.6 Å². The fourth-order valence-electron chi connectivity index (χ4n) is 3.19. The van der Waals surface area contributed by atoms with Crippen LogP contribution in [0.5, 0.6) is 0 Å². The van der Waals surface area contributed by atoms with Crippen LogP contribution >= 0.6 is 11.3 Å². The molecule has 4 rings (SSSR count). The van der Waals surface area contributed by atoms with Crippen LogP contribution in [0.2, 0.25) is 0 Å². The third-order valence-corrected chi connectivity index (χ3v) is 5.88. The summed E-state index contributed by atoms with van der Waals surface area (Å²) in [6.45, 7) is 7.15. The van der Waals surface area contributed by atoms with Crippen LogP contribution in [-0.4, -0.2) is 53.8 Å². The molecule has 1 amide bonds. The van der Waals surface area contributed by atoms with E-state index in [0.717, 1.165) is 29.4 Å². The predicted molar refractivity (Wildman–Crippen MR) is 100 cm³/mol. The first kappa shape index (κ1) is 16.3. The molecule has 0 N–H and O–H groups in total. The fraction of sp³-hybridized carbons (Fsp3) is 0.500. The first-order chi connectivity index (χ1) is 12.1. The predicted octanol–water partition coefficient (Wildman–Crippen LogP) is 2.75. The van der Waals surface area contributed by atoms with E-state index in [0.29, 0.717) is 25.4 Å². The number of piperazine rings is 1. The Balaban J connectivity index is 1.36. The minimum absolute atomic E-state index is 0.0587. The number of fused-ring (bicyclic) bond motifs is 1. The van der Waals surface area contributed by atoms with Crippen molar-refractivity contribution in [1.29, 1.82) is 0 Å². The van der Waals surface area contributed by atoms with Crippen LogP contribution in [0.25, 0.3) is 10.2 Å². The van der Waals surface area contributed by atoms with Crippen molar-refractivity contribution in [3.63, 3.8) is 0 Å². The maximum absolute atomic E-state index is 12.6. The summed E-state index contributed by atoms with van der Waals surface area (Å²) in [5.74, 6) is 0.386. The molecule has 3 heterocycles. The maximum Gasteiger partial charge on any atom is 0.267 e. The lowest BCUT2D eigenvalue weighted by Crippen LogP contribution is -2.51. The summed E-state index contributed by atoms with van der Waals surface area (Å²) in [5.41, 5.74) is 2.02. The average Bonchev–Trinajstić information content (AvgIpc) is 3.28. The van der Waals surface area contributed by atoms with Gasteiger partial charge in [0.2, 0.25) is 6.10 Å². The monoisotopic (exact) mass is 358 g/mol. The molecule has 25 heavy (non-hydrogen) atoms. The number of amides is 1. The van der Waals surface area contributed by atoms with Crippen LogP contribution in [0.15, 0.2) is 29.4 Å². The van der Waals surface area contributed by atoms with Crippen molar-refractivity contribution in [2.75, 3.05) is 31.1 Å². The standard InChI is InChI=1S/C18H22N4O2S/c1-12(2)14-11-15(24-20-14)17(23)21-7-9-22(10-8-21)18-19-13-5-3-4-6-16(13)25-18/h3-6,12,15H,7-11H2,1-2H3/t15-/m1/s1. The fourth-order valence-corrected chi connectivity index (χ4v) is 4.20. The Morgan fingerprint density at radius 1 is 1.24 bits per heavy atom. The molecule has 0 bridgehead atoms. The van der Waals surface area contributed by atoms with E-state index in [1.807, 2.05) is 23.1 Å². The van der Waals surface area contributed by atoms with Crippen LogP contribution in [0.4, 0.5) is 5.13 Å². The number of benzene rings is 1. The smallest absolute Gasteiger partial charge is 0.267 e. The van der Waals surface area contributed by atoms with Gasteiger partial charge in [0.1, 0.15) is 0 Å². The molecule has 7 heteroatoms. The minimum atomic E-state index is -0.439. The summed E-state index contributed by atoms with van der Waals surface area (Å²) in [6, 6.07) is 8.19. The molecule has 0 unspecified atom stereocenters. The van der Waals surface area contributed by atoms with Crippen LogP contribution in [-0.2, 0) is 9.63 Å². The van der Waals surface area contributed by atoms with Gasteiger partial charge in [-0.05, 0) is 18.1 Å². The number of hydrogen-bond donors (Lipinski definition) is 0. The van der Waals surface area contributed by atoms with Crippen molar-refractivity contribution in [2.45, 2.75) is 26.4 Å². The van der Waals surface area contributed by atoms with Crippen molar-refractivity contribution in [2.24, 2.45) is 11.1 Å². The average molecular weight is 358 g/mol. The number of carbonyl (C=O) groups excluding carboxylic acids is 1. The van der Waals surface area contributed by atoms with Crippen molar-refractivity contribution in [3.8, 4) is 0 Å². The quantitative estimate of drug-likeness (QED) is 0.847. The van der Waals surface area contributed by atoms with E-state index < -0.39 is 6.10 Å². The maximum atomic E-state index is 12.6. The summed E-state index contributed by atoms with van der Waals surface area (Å²) < 4.78 is 1.20. The van der Waals surface area contributed by atoms with Crippen LogP contribution in [0.3, 0.4) is 0 Å². The highest BCUT2D eigenvalue weighted by atomic mass is 32.1. The Bertz CT molecular complexity index is 775. The van der Waals surface area contributed by atoms with Crippen LogP contribution in [0, 0.1) is 5.92 Å². The highest BCUT2D eigenvalue weighted by molar-refractivity contribution is 7.22. The third-order valence-electron chi connectivity index (χ3n) is 4.78. The number of rotatable bonds is 3. The summed E-state index contributed by atoms with van der Waals surface area (Å²) in [4.78, 5) is 26.9. The van der Waals surface area contributed by atoms with Crippen LogP contribution < -0.4 is 4.90 Å². The molecule has 0 aliphatic carbocycles. The van der Waals surface area contributed by atoms with Crippen molar-refractivity contribution < 1.29 is 9.63 Å². The van der Waals surface area contributed by atoms with E-state index in [1.165, 1.54) is 4.70 Å². The lowest BCUT2D eigenvalue weighted by molar-refractivity contribution is -0.142. The Morgan fingerprint density at radius 2 is 2.00 bits per heavy atom. The third kappa shape index (κ3) is 3.20. The Morgan fingerprint density at radius 3 is 2.68 bits per heavy atom. The van der Waals surface area contributed by atoms with Crippen molar-refractivity contribution in [3.05, 3.63) is 24.3 Å². The Labute approximate surface area is 151 Å². The largest absolute Gasteiger partial charge is 0.382 e. The van der Waals surface area contributed by atoms with E-state index in [2.05, 4.69) is 30.0 Å². The number of carbonyl (C=O) groups is 1. The molecule has 2 aliphatic rings. The topological polar surface area (TPSA) is 58.0 Å². The zero-order valence-electron chi connectivity index (χ0n) is 14.5. The number of hydrogen-bond acceptors (Lipinski definition) is 6. The van der Waals surface area contributed by atoms with E-state index in [9.17, 15) is 4.79 Å². The Kier molecular flexibility index (Phi) is 4.33. The molecular weight excluding hydrogens is 336 g/mol. The number of aromatic nitrogens is 1. The molecule has 2 aromatic rings. The van der Waals surface area contributed by atoms with Crippen molar-refractivity contribution in [1.82, 2.24) is 9.88 Å². The van der Waals surface area contributed by atoms with Gasteiger partial charge in [-0.1, -0.05) is 42.5 Å². The molecular formula is C18H22N4O2S. The van der Waals surface area contributed by atoms with Gasteiger partial charge in [-0.25, -0.2) is 4.98 Å². The molecule has 2 aliphatic heterocycles. The zero-order valence-corrected chi connectivity index (χ0v) is 15.3. The van der Waals surface area contributed by atoms with Gasteiger partial charge in [-0.2, -0.15) is 0 Å². The molecule has 0 spiro atoms. The lowest BCUT2D eigenvalue weighted by Gasteiger charge is -2.35. The number of para-hydroxylation sites is 1. The molecule has 1 atom stereocenters. The molecule has 0 radical (unpaired) electrons. The van der Waals surface area contributed by atoms with E-state index >= 15 is 0 Å². The second-order valence-corrected chi connectivity index (χ2v) is 7.82. The minimum Gasteiger partial charge on any atom is -0.382 e. The number of nitrogens with zero attached hydrogens (tertiary/aromatic N) is 4. The molecule has 1 saturated heterocycles. The first-order valence-electron chi connectivity index (χ1n) is 8.73. The summed E-state index contributed by atoms with van der Waals surface area (Å²) >= 11 is 1.71. The molecule has 1 fully saturated rings. The SMILES string of the molecule is CC(C)C1=NO[C@@H](C(=O)N2CCN(c3nc4ccccc4s3)CC2)C1. The molecule has 0 saturated carbocycles. The summed E-state index contributed by atoms with van der Waals surface area (Å²) in [6.07, 6.45) is 0.181. The normalized spacial score (nSPS) is 20.9. The van der Waals surface area contributed by atoms with Gasteiger partial charge >= 0.3 is 0 Å². The highest BCUT2D eigenvalue weighted by Gasteiger charge is 2.34. The number of anilines is 1. The summed E-state index contributed by atoms with van der Waals surface area (Å²) in [7, 11) is 0. The molecule has 6 nitrogen and oxygen atoms in total. The van der Waals surface area contributed by atoms with Crippen LogP contribution in [0.1, 0.15) is 20.3 Å². The van der Waals surface area contributed by atoms with Gasteiger partial charge in [-0.3, -0.25) is 4.79 Å². The van der Waals surface area contributed by atoms with Gasteiger partial charge in [-0.15, -0.1) is 0 Å². The molecule has 1 aromatic carbocycles. The Hall–Kier alpha value is -2.15. The van der Waals surface area contributed by atoms with E-state index in [1.54, 1.807) is 11.3 Å². The van der Waals surface area contributed by atoms with Gasteiger partial charge in [0.15, 0.2) is 5.13 Å². The van der Waals surface area contributed by atoms with Gasteiger partial charge in [0.05, 0.1) is 15.9 Å². The second-order valence-electron chi connectivity index (χ2n) is 6.81. The highest BCUT2D eigenvalue weighted by Crippen LogP contribution is 2.29. The van der Waals surface area contributed by atoms with Gasteiger partial charge in [0.25, 0.3) is 5.91 Å². The molecule has 1 aromatic heterocycles. The van der Waals surface area contributed by atoms with Gasteiger partial charge in [0, 0.05) is 32.6 Å². The second kappa shape index (κ2) is 6.63. The number of oxime groups is 1. The lowest BCUT2D eigenvalue weighted by atomic mass is 10.0. The first-order valence-corrected chi connectivity index (χ1v) is 9.55. The number of thiazole rings is 1. The molecule has 132 valence electrons. The summed E-state index contributed by atoms with van der Waals surface area (Å²) in [5, 5.41) is 5.11. The van der Waals surface area contributed by atoms with Crippen molar-refractivity contribution >= 4 is 38.3 Å². The van der Waals surface area contributed by atoms with E-state index in [4.69, 9.17) is 9.82 Å². The van der Waals surface area contributed by atoms with E-state index in [-0.39, 0.29) is 5.91 Å².